The molecule has 0 aromatic rings. The molecule has 100 valence electrons. The second-order valence-electron chi connectivity index (χ2n) is 6.28. The summed E-state index contributed by atoms with van der Waals surface area (Å²) >= 11 is 0. The highest BCUT2D eigenvalue weighted by atomic mass is 16.9. The molecule has 2 aliphatic carbocycles. The zero-order valence-electron chi connectivity index (χ0n) is 10.6. The normalized spacial score (nSPS) is 49.2. The maximum absolute atomic E-state index is 12.4. The van der Waals surface area contributed by atoms with Crippen LogP contribution in [0.4, 0.5) is 0 Å². The van der Waals surface area contributed by atoms with E-state index in [1.54, 1.807) is 0 Å². The summed E-state index contributed by atoms with van der Waals surface area (Å²) in [6.07, 6.45) is 8.57. The summed E-state index contributed by atoms with van der Waals surface area (Å²) in [6, 6.07) is 0. The lowest BCUT2D eigenvalue weighted by Gasteiger charge is -2.48. The van der Waals surface area contributed by atoms with Crippen molar-refractivity contribution in [3.05, 3.63) is 0 Å². The molecule has 0 aromatic heterocycles. The van der Waals surface area contributed by atoms with Gasteiger partial charge in [-0.15, -0.1) is 5.06 Å². The van der Waals surface area contributed by atoms with Crippen LogP contribution in [0.5, 0.6) is 0 Å². The zero-order chi connectivity index (χ0) is 12.4. The van der Waals surface area contributed by atoms with E-state index in [4.69, 9.17) is 4.84 Å². The molecule has 1 amide bonds. The Morgan fingerprint density at radius 2 is 1.72 bits per heavy atom. The van der Waals surface area contributed by atoms with E-state index >= 15 is 0 Å². The molecule has 1 unspecified atom stereocenters. The molecule has 0 bridgehead atoms. The van der Waals surface area contributed by atoms with E-state index in [1.807, 2.05) is 5.06 Å². The van der Waals surface area contributed by atoms with Crippen LogP contribution in [0.2, 0.25) is 0 Å². The number of aliphatic hydroxyl groups is 1. The molecule has 0 radical (unpaired) electrons. The first-order valence-electron chi connectivity index (χ1n) is 7.18. The minimum atomic E-state index is -1.33. The fourth-order valence-electron chi connectivity index (χ4n) is 4.22. The molecule has 4 rings (SSSR count). The number of hydrogen-bond acceptors (Lipinski definition) is 4. The second kappa shape index (κ2) is 3.26. The molecule has 3 atom stereocenters. The third kappa shape index (κ3) is 1.11. The van der Waals surface area contributed by atoms with Gasteiger partial charge in [0.2, 0.25) is 5.72 Å². The summed E-state index contributed by atoms with van der Waals surface area (Å²) in [5, 5.41) is 15.7. The molecule has 18 heavy (non-hydrogen) atoms. The van der Waals surface area contributed by atoms with E-state index < -0.39 is 11.3 Å². The summed E-state index contributed by atoms with van der Waals surface area (Å²) in [5.41, 5.74) is -2.36. The molecule has 2 saturated heterocycles. The summed E-state index contributed by atoms with van der Waals surface area (Å²) in [7, 11) is 0. The summed E-state index contributed by atoms with van der Waals surface area (Å²) in [5.74, 6) is -0.210. The highest BCUT2D eigenvalue weighted by Gasteiger charge is 2.80. The summed E-state index contributed by atoms with van der Waals surface area (Å²) in [4.78, 5) is 18.2. The van der Waals surface area contributed by atoms with Gasteiger partial charge >= 0.3 is 0 Å². The third-order valence-electron chi connectivity index (χ3n) is 5.28. The molecule has 5 heteroatoms. The lowest BCUT2D eigenvalue weighted by Crippen LogP contribution is -2.73. The molecular formula is C13H20N2O3. The van der Waals surface area contributed by atoms with E-state index in [2.05, 4.69) is 5.32 Å². The van der Waals surface area contributed by atoms with Crippen molar-refractivity contribution in [1.29, 1.82) is 0 Å². The first-order chi connectivity index (χ1) is 8.63. The van der Waals surface area contributed by atoms with Crippen LogP contribution in [0.3, 0.4) is 0 Å². The highest BCUT2D eigenvalue weighted by Crippen LogP contribution is 2.60. The van der Waals surface area contributed by atoms with Gasteiger partial charge in [-0.3, -0.25) is 9.63 Å². The van der Waals surface area contributed by atoms with Crippen LogP contribution < -0.4 is 5.32 Å². The highest BCUT2D eigenvalue weighted by molar-refractivity contribution is 5.89. The molecule has 4 fully saturated rings. The molecule has 4 aliphatic rings. The zero-order valence-corrected chi connectivity index (χ0v) is 10.6. The van der Waals surface area contributed by atoms with Crippen molar-refractivity contribution in [2.75, 3.05) is 0 Å². The first-order valence-corrected chi connectivity index (χ1v) is 7.18. The SMILES string of the molecule is O=C1NC2(CCCCC2)N2O[C@@]23CCCC[C@@]13O. The molecule has 2 saturated carbocycles. The average Bonchev–Trinajstić information content (AvgIpc) is 3.11. The maximum Gasteiger partial charge on any atom is 0.258 e. The van der Waals surface area contributed by atoms with Gasteiger partial charge in [0.05, 0.1) is 0 Å². The Bertz CT molecular complexity index is 407. The van der Waals surface area contributed by atoms with Crippen molar-refractivity contribution in [2.45, 2.75) is 74.8 Å². The summed E-state index contributed by atoms with van der Waals surface area (Å²) in [6.45, 7) is 0. The van der Waals surface area contributed by atoms with Gasteiger partial charge in [-0.2, -0.15) is 0 Å². The van der Waals surface area contributed by atoms with Gasteiger partial charge in [-0.25, -0.2) is 0 Å². The van der Waals surface area contributed by atoms with Crippen LogP contribution in [-0.4, -0.2) is 33.1 Å². The lowest BCUT2D eigenvalue weighted by atomic mass is 9.73. The predicted molar refractivity (Wildman–Crippen MR) is 63.0 cm³/mol. The van der Waals surface area contributed by atoms with Gasteiger partial charge in [0.15, 0.2) is 5.60 Å². The third-order valence-corrected chi connectivity index (χ3v) is 5.28. The van der Waals surface area contributed by atoms with Crippen LogP contribution >= 0.6 is 0 Å². The van der Waals surface area contributed by atoms with E-state index in [0.29, 0.717) is 6.42 Å². The Labute approximate surface area is 106 Å². The first kappa shape index (κ1) is 11.2. The fourth-order valence-corrected chi connectivity index (χ4v) is 4.22. The Balaban J connectivity index is 1.72. The largest absolute Gasteiger partial charge is 0.376 e. The van der Waals surface area contributed by atoms with Gasteiger partial charge in [0.1, 0.15) is 5.66 Å². The minimum Gasteiger partial charge on any atom is -0.376 e. The average molecular weight is 252 g/mol. The molecule has 5 nitrogen and oxygen atoms in total. The van der Waals surface area contributed by atoms with Crippen molar-refractivity contribution in [2.24, 2.45) is 0 Å². The van der Waals surface area contributed by atoms with E-state index in [0.717, 1.165) is 44.9 Å². The molecule has 2 spiro atoms. The Morgan fingerprint density at radius 3 is 2.50 bits per heavy atom. The number of amides is 1. The Kier molecular flexibility index (Phi) is 2.03. The van der Waals surface area contributed by atoms with Gasteiger partial charge in [-0.1, -0.05) is 6.42 Å². The van der Waals surface area contributed by atoms with Crippen LogP contribution in [-0.2, 0) is 9.63 Å². The number of nitrogens with zero attached hydrogens (tertiary/aromatic N) is 1. The number of carbonyl (C=O) groups excluding carboxylic acids is 1. The molecule has 2 heterocycles. The monoisotopic (exact) mass is 252 g/mol. The van der Waals surface area contributed by atoms with E-state index in [9.17, 15) is 9.90 Å². The quantitative estimate of drug-likeness (QED) is 0.632. The molecular weight excluding hydrogens is 232 g/mol. The number of hydroxylamine groups is 2. The van der Waals surface area contributed by atoms with Crippen molar-refractivity contribution in [3.63, 3.8) is 0 Å². The smallest absolute Gasteiger partial charge is 0.258 e. The molecule has 2 aliphatic heterocycles. The van der Waals surface area contributed by atoms with Gasteiger partial charge in [0.25, 0.3) is 5.91 Å². The lowest BCUT2D eigenvalue weighted by molar-refractivity contribution is -0.166. The van der Waals surface area contributed by atoms with Crippen molar-refractivity contribution >= 4 is 5.91 Å². The topological polar surface area (TPSA) is 64.9 Å². The van der Waals surface area contributed by atoms with Crippen LogP contribution in [0.1, 0.15) is 57.8 Å². The number of carbonyl (C=O) groups is 1. The van der Waals surface area contributed by atoms with Crippen LogP contribution in [0.25, 0.3) is 0 Å². The Hall–Kier alpha value is -0.650. The van der Waals surface area contributed by atoms with Crippen molar-refractivity contribution < 1.29 is 14.7 Å². The molecule has 2 N–H and O–H groups in total. The number of rotatable bonds is 0. The van der Waals surface area contributed by atoms with Crippen molar-refractivity contribution in [1.82, 2.24) is 10.4 Å². The number of nitrogens with one attached hydrogen (secondary N) is 1. The number of hydrogen-bond donors (Lipinski definition) is 2. The predicted octanol–water partition coefficient (Wildman–Crippen LogP) is 1.03. The fraction of sp³-hybridized carbons (Fsp3) is 0.923. The van der Waals surface area contributed by atoms with Crippen molar-refractivity contribution in [3.8, 4) is 0 Å². The van der Waals surface area contributed by atoms with E-state index in [1.165, 1.54) is 6.42 Å². The minimum absolute atomic E-state index is 0.210. The van der Waals surface area contributed by atoms with Gasteiger partial charge in [-0.05, 0) is 51.4 Å². The van der Waals surface area contributed by atoms with Gasteiger partial charge in [0, 0.05) is 0 Å². The molecule has 0 aromatic carbocycles. The summed E-state index contributed by atoms with van der Waals surface area (Å²) < 4.78 is 0. The maximum atomic E-state index is 12.4. The van der Waals surface area contributed by atoms with E-state index in [-0.39, 0.29) is 11.6 Å². The standard InChI is InChI=1S/C13H20N2O3/c16-10-12(17)8-4-5-9-13(12)15(18-13)11(14-10)6-2-1-3-7-11/h17H,1-9H2,(H,14,16)/t12-,13-,15?/m1/s1. The number of fused-ring (bicyclic) bond motifs is 1. The Morgan fingerprint density at radius 1 is 1.06 bits per heavy atom. The van der Waals surface area contributed by atoms with Crippen LogP contribution in [0.15, 0.2) is 0 Å². The van der Waals surface area contributed by atoms with Gasteiger partial charge < -0.3 is 10.4 Å². The second-order valence-corrected chi connectivity index (χ2v) is 6.28. The van der Waals surface area contributed by atoms with Crippen LogP contribution in [0, 0.1) is 0 Å².